The second-order valence-electron chi connectivity index (χ2n) is 10.0. The quantitative estimate of drug-likeness (QED) is 0.100. The summed E-state index contributed by atoms with van der Waals surface area (Å²) in [5.74, 6) is 0. The summed E-state index contributed by atoms with van der Waals surface area (Å²) in [6.45, 7) is 30.8. The fraction of sp³-hybridized carbons (Fsp3) is 1.00. The molecule has 0 atom stereocenters. The van der Waals surface area contributed by atoms with Crippen LogP contribution in [0.5, 0.6) is 0 Å². The van der Waals surface area contributed by atoms with E-state index in [2.05, 4.69) is 0 Å². The van der Waals surface area contributed by atoms with Gasteiger partial charge in [0.15, 0.2) is 0 Å². The fourth-order valence-electron chi connectivity index (χ4n) is 5.88. The van der Waals surface area contributed by atoms with Crippen molar-refractivity contribution in [2.24, 2.45) is 0 Å². The minimum Gasteiger partial charge on any atom is -0.395 e. The number of hydrogen-bond donors (Lipinski definition) is 0. The topological polar surface area (TPSA) is 111 Å². The van der Waals surface area contributed by atoms with Crippen LogP contribution in [-0.2, 0) is 53.1 Å². The van der Waals surface area contributed by atoms with Crippen molar-refractivity contribution in [3.8, 4) is 0 Å². The summed E-state index contributed by atoms with van der Waals surface area (Å²) in [5.41, 5.74) is 2.86. The average molecular weight is 737 g/mol. The molecule has 45 heavy (non-hydrogen) atoms. The van der Waals surface area contributed by atoms with Crippen molar-refractivity contribution in [2.45, 2.75) is 106 Å². The first-order chi connectivity index (χ1) is 21.6. The smallest absolute Gasteiger partial charge is 0.395 e. The van der Waals surface area contributed by atoms with Gasteiger partial charge in [-0.3, -0.25) is 0 Å². The van der Waals surface area contributed by atoms with Crippen LogP contribution < -0.4 is 0 Å². The van der Waals surface area contributed by atoms with Gasteiger partial charge in [0.25, 0.3) is 0 Å². The van der Waals surface area contributed by atoms with Gasteiger partial charge >= 0.3 is 43.3 Å². The van der Waals surface area contributed by atoms with Crippen LogP contribution in [0.2, 0.25) is 22.7 Å². The van der Waals surface area contributed by atoms with E-state index in [-0.39, 0.29) is 0 Å². The predicted molar refractivity (Wildman–Crippen MR) is 188 cm³/mol. The summed E-state index contributed by atoms with van der Waals surface area (Å²) in [7, 11) is -13.1. The van der Waals surface area contributed by atoms with Crippen LogP contribution in [0.4, 0.5) is 0 Å². The molecule has 0 aliphatic carbocycles. The molecule has 0 amide bonds. The van der Waals surface area contributed by atoms with Gasteiger partial charge in [-0.2, -0.15) is 0 Å². The molecule has 1 aliphatic rings. The summed E-state index contributed by atoms with van der Waals surface area (Å²) < 4.78 is 73.0. The average Bonchev–Trinajstić information content (AvgIpc) is 2.95. The lowest BCUT2D eigenvalue weighted by atomic mass is 10.9. The third kappa shape index (κ3) is 15.4. The van der Waals surface area contributed by atoms with Crippen LogP contribution in [0.15, 0.2) is 0 Å². The standard InChI is InChI=1S/C15H36O6Si3.C13H32O6Si2/c1-7-16-22(17-8-2)13-23(18-9-3,19-10-4)15-24(14-22,20-11-5)21-12-6;1-7-14-20(15-8-2,16-9-3)13-21(17-10-4,18-11-5)19-12-6/h7-15H2,1-6H3;7-13H2,1-6H3. The molecule has 0 unspecified atom stereocenters. The summed E-state index contributed by atoms with van der Waals surface area (Å²) in [6, 6.07) is 0. The lowest BCUT2D eigenvalue weighted by Gasteiger charge is -2.48. The zero-order valence-electron chi connectivity index (χ0n) is 30.7. The van der Waals surface area contributed by atoms with Crippen molar-refractivity contribution in [1.82, 2.24) is 0 Å². The van der Waals surface area contributed by atoms with Gasteiger partial charge in [-0.1, -0.05) is 0 Å². The molecule has 1 fully saturated rings. The van der Waals surface area contributed by atoms with Gasteiger partial charge in [-0.15, -0.1) is 0 Å². The maximum absolute atomic E-state index is 6.27. The summed E-state index contributed by atoms with van der Waals surface area (Å²) in [6.07, 6.45) is 0. The van der Waals surface area contributed by atoms with E-state index in [0.717, 1.165) is 17.0 Å². The Morgan fingerprint density at radius 1 is 0.311 bits per heavy atom. The Hall–Kier alpha value is 0.604. The monoisotopic (exact) mass is 736 g/mol. The summed E-state index contributed by atoms with van der Waals surface area (Å²) in [5, 5.41) is 0. The Morgan fingerprint density at radius 3 is 0.622 bits per heavy atom. The Bertz CT molecular complexity index is 587. The van der Waals surface area contributed by atoms with Gasteiger partial charge in [0.1, 0.15) is 0 Å². The molecule has 1 rings (SSSR count). The summed E-state index contributed by atoms with van der Waals surface area (Å²) >= 11 is 0. The van der Waals surface area contributed by atoms with Gasteiger partial charge in [0.05, 0.1) is 5.67 Å². The van der Waals surface area contributed by atoms with Crippen LogP contribution in [-0.4, -0.2) is 123 Å². The molecule has 1 heterocycles. The molecular weight excluding hydrogens is 669 g/mol. The van der Waals surface area contributed by atoms with E-state index < -0.39 is 43.3 Å². The van der Waals surface area contributed by atoms with Crippen LogP contribution in [0, 0.1) is 0 Å². The van der Waals surface area contributed by atoms with Crippen LogP contribution in [0.3, 0.4) is 0 Å². The highest BCUT2D eigenvalue weighted by Gasteiger charge is 2.66. The molecule has 1 saturated heterocycles. The van der Waals surface area contributed by atoms with Crippen molar-refractivity contribution in [3.63, 3.8) is 0 Å². The highest BCUT2D eigenvalue weighted by Crippen LogP contribution is 2.43. The van der Waals surface area contributed by atoms with Crippen molar-refractivity contribution < 1.29 is 53.1 Å². The molecule has 0 radical (unpaired) electrons. The van der Waals surface area contributed by atoms with Crippen LogP contribution in [0.25, 0.3) is 0 Å². The van der Waals surface area contributed by atoms with E-state index in [4.69, 9.17) is 53.1 Å². The zero-order chi connectivity index (χ0) is 34.3. The number of hydrogen-bond acceptors (Lipinski definition) is 12. The van der Waals surface area contributed by atoms with Gasteiger partial charge in [0.2, 0.25) is 0 Å². The molecule has 12 nitrogen and oxygen atoms in total. The maximum atomic E-state index is 6.27. The van der Waals surface area contributed by atoms with Crippen molar-refractivity contribution in [2.75, 3.05) is 79.3 Å². The van der Waals surface area contributed by atoms with Crippen LogP contribution in [0.1, 0.15) is 83.1 Å². The van der Waals surface area contributed by atoms with Crippen molar-refractivity contribution >= 4 is 43.3 Å². The highest BCUT2D eigenvalue weighted by atomic mass is 28.5. The first-order valence-electron chi connectivity index (χ1n) is 17.2. The Balaban J connectivity index is 0.000000870. The van der Waals surface area contributed by atoms with E-state index in [1.807, 2.05) is 83.1 Å². The van der Waals surface area contributed by atoms with Crippen molar-refractivity contribution in [3.05, 3.63) is 0 Å². The van der Waals surface area contributed by atoms with E-state index in [1.54, 1.807) is 0 Å². The largest absolute Gasteiger partial charge is 0.505 e. The maximum Gasteiger partial charge on any atom is 0.505 e. The second-order valence-corrected chi connectivity index (χ2v) is 27.3. The van der Waals surface area contributed by atoms with Gasteiger partial charge in [-0.05, 0) is 83.1 Å². The predicted octanol–water partition coefficient (Wildman–Crippen LogP) is 5.79. The van der Waals surface area contributed by atoms with E-state index in [1.165, 1.54) is 0 Å². The minimum absolute atomic E-state index is 0.449. The molecule has 0 saturated carbocycles. The molecule has 272 valence electrons. The van der Waals surface area contributed by atoms with Crippen molar-refractivity contribution in [1.29, 1.82) is 0 Å². The SMILES string of the molecule is CCO[Si](C[Si](OCC)(OCC)OCC)(OCC)OCC.CCO[Si]1(OCC)C[Si](OCC)(OCC)C[Si](OCC)(OCC)C1. The molecule has 17 heteroatoms. The lowest BCUT2D eigenvalue weighted by molar-refractivity contribution is 0.0472. The second kappa shape index (κ2) is 24.7. The van der Waals surface area contributed by atoms with E-state index in [9.17, 15) is 0 Å². The Labute approximate surface area is 280 Å². The normalized spacial score (nSPS) is 17.6. The Morgan fingerprint density at radius 2 is 0.489 bits per heavy atom. The van der Waals surface area contributed by atoms with Gasteiger partial charge in [0, 0.05) is 96.3 Å². The van der Waals surface area contributed by atoms with E-state index in [0.29, 0.717) is 84.9 Å². The lowest BCUT2D eigenvalue weighted by Crippen LogP contribution is -2.69. The van der Waals surface area contributed by atoms with Crippen LogP contribution >= 0.6 is 0 Å². The molecular formula is C28H68O12Si5. The molecule has 0 aromatic heterocycles. The molecule has 0 bridgehead atoms. The highest BCUT2D eigenvalue weighted by molar-refractivity contribution is 7.03. The Kier molecular flexibility index (Phi) is 25.0. The minimum atomic E-state index is -2.86. The van der Waals surface area contributed by atoms with Gasteiger partial charge in [-0.25, -0.2) is 0 Å². The van der Waals surface area contributed by atoms with Gasteiger partial charge < -0.3 is 53.1 Å². The molecule has 0 spiro atoms. The molecule has 0 N–H and O–H groups in total. The third-order valence-electron chi connectivity index (χ3n) is 6.68. The van der Waals surface area contributed by atoms with E-state index >= 15 is 0 Å². The molecule has 1 aliphatic heterocycles. The molecule has 0 aromatic rings. The summed E-state index contributed by atoms with van der Waals surface area (Å²) in [4.78, 5) is 0. The first-order valence-corrected chi connectivity index (χ1v) is 27.8. The zero-order valence-corrected chi connectivity index (χ0v) is 35.7. The molecule has 0 aromatic carbocycles. The fourth-order valence-corrected chi connectivity index (χ4v) is 36.6. The first kappa shape index (κ1) is 45.6. The third-order valence-corrected chi connectivity index (χ3v) is 32.3. The number of rotatable bonds is 26.